The zero-order chi connectivity index (χ0) is 19.4. The summed E-state index contributed by atoms with van der Waals surface area (Å²) in [5, 5.41) is 11.0. The van der Waals surface area contributed by atoms with Crippen molar-refractivity contribution in [2.45, 2.75) is 5.75 Å². The minimum Gasteiger partial charge on any atom is -0.495 e. The van der Waals surface area contributed by atoms with E-state index in [0.29, 0.717) is 33.8 Å². The number of H-pyrrole nitrogens is 1. The van der Waals surface area contributed by atoms with Crippen molar-refractivity contribution in [3.63, 3.8) is 0 Å². The molecule has 3 aromatic rings. The summed E-state index contributed by atoms with van der Waals surface area (Å²) in [5.74, 6) is 1.81. The highest BCUT2D eigenvalue weighted by molar-refractivity contribution is 7.99. The third kappa shape index (κ3) is 4.17. The number of rotatable bonds is 7. The monoisotopic (exact) mass is 409 g/mol. The number of halogens is 1. The summed E-state index contributed by atoms with van der Waals surface area (Å²) in [6.45, 7) is 0. The van der Waals surface area contributed by atoms with Gasteiger partial charge in [-0.25, -0.2) is 0 Å². The van der Waals surface area contributed by atoms with Gasteiger partial charge in [0, 0.05) is 24.5 Å². The molecule has 27 heavy (non-hydrogen) atoms. The Labute approximate surface area is 163 Å². The fourth-order valence-corrected chi connectivity index (χ4v) is 3.33. The van der Waals surface area contributed by atoms with Gasteiger partial charge >= 0.3 is 0 Å². The van der Waals surface area contributed by atoms with E-state index in [1.165, 1.54) is 32.2 Å². The Morgan fingerprint density at radius 1 is 1.30 bits per heavy atom. The van der Waals surface area contributed by atoms with Gasteiger partial charge in [-0.15, -0.1) is 22.0 Å². The van der Waals surface area contributed by atoms with E-state index in [1.807, 2.05) is 0 Å². The van der Waals surface area contributed by atoms with Crippen LogP contribution in [0.5, 0.6) is 11.5 Å². The van der Waals surface area contributed by atoms with Crippen LogP contribution in [-0.2, 0) is 10.5 Å². The zero-order valence-corrected chi connectivity index (χ0v) is 16.1. The molecule has 0 fully saturated rings. The van der Waals surface area contributed by atoms with Gasteiger partial charge in [-0.3, -0.25) is 14.0 Å². The quantitative estimate of drug-likeness (QED) is 0.613. The summed E-state index contributed by atoms with van der Waals surface area (Å²) in [4.78, 5) is 26.4. The number of nitrogens with one attached hydrogen (secondary N) is 2. The maximum atomic E-state index is 12.3. The van der Waals surface area contributed by atoms with Crippen molar-refractivity contribution in [3.05, 3.63) is 45.7 Å². The van der Waals surface area contributed by atoms with Crippen LogP contribution in [-0.4, -0.2) is 45.5 Å². The Bertz CT molecular complexity index is 1040. The van der Waals surface area contributed by atoms with Gasteiger partial charge < -0.3 is 19.8 Å². The SMILES string of the molecule is COc1cc(NC(=O)CSCc2nnc3c(=O)[nH]ccn23)c(OC)cc1Cl. The van der Waals surface area contributed by atoms with Crippen LogP contribution in [0.2, 0.25) is 5.02 Å². The predicted molar refractivity (Wildman–Crippen MR) is 103 cm³/mol. The lowest BCUT2D eigenvalue weighted by Crippen LogP contribution is -2.15. The Morgan fingerprint density at radius 2 is 2.07 bits per heavy atom. The first-order valence-corrected chi connectivity index (χ1v) is 9.27. The number of carbonyl (C=O) groups excluding carboxylic acids is 1. The first-order valence-electron chi connectivity index (χ1n) is 7.74. The Hall–Kier alpha value is -2.72. The Balaban J connectivity index is 1.63. The number of aromatic amines is 1. The molecule has 0 spiro atoms. The standard InChI is InChI=1S/C16H16ClN5O4S/c1-25-11-6-10(12(26-2)5-9(11)17)19-14(23)8-27-7-13-20-21-15-16(24)18-3-4-22(13)15/h3-6H,7-8H2,1-2H3,(H,18,24)(H,19,23). The molecule has 142 valence electrons. The van der Waals surface area contributed by atoms with Gasteiger partial charge in [0.15, 0.2) is 0 Å². The normalized spacial score (nSPS) is 10.8. The lowest BCUT2D eigenvalue weighted by Gasteiger charge is -2.13. The highest BCUT2D eigenvalue weighted by atomic mass is 35.5. The fourth-order valence-electron chi connectivity index (χ4n) is 2.37. The molecule has 0 atom stereocenters. The van der Waals surface area contributed by atoms with E-state index >= 15 is 0 Å². The number of aromatic nitrogens is 4. The molecule has 2 N–H and O–H groups in total. The van der Waals surface area contributed by atoms with Crippen molar-refractivity contribution in [1.29, 1.82) is 0 Å². The average Bonchev–Trinajstić information content (AvgIpc) is 3.07. The number of hydrogen-bond acceptors (Lipinski definition) is 7. The van der Waals surface area contributed by atoms with E-state index in [4.69, 9.17) is 21.1 Å². The maximum Gasteiger partial charge on any atom is 0.293 e. The van der Waals surface area contributed by atoms with E-state index in [0.717, 1.165) is 0 Å². The molecule has 1 amide bonds. The Kier molecular flexibility index (Phi) is 5.87. The van der Waals surface area contributed by atoms with E-state index in [1.54, 1.807) is 22.7 Å². The van der Waals surface area contributed by atoms with Gasteiger partial charge in [-0.2, -0.15) is 0 Å². The van der Waals surface area contributed by atoms with Crippen LogP contribution in [0.4, 0.5) is 5.69 Å². The summed E-state index contributed by atoms with van der Waals surface area (Å²) in [6, 6.07) is 3.17. The van der Waals surface area contributed by atoms with Gasteiger partial charge in [0.2, 0.25) is 11.6 Å². The molecule has 9 nitrogen and oxygen atoms in total. The number of amides is 1. The number of anilines is 1. The van der Waals surface area contributed by atoms with Crippen LogP contribution in [0.3, 0.4) is 0 Å². The molecule has 0 aliphatic rings. The summed E-state index contributed by atoms with van der Waals surface area (Å²) in [7, 11) is 2.98. The molecule has 0 radical (unpaired) electrons. The largest absolute Gasteiger partial charge is 0.495 e. The van der Waals surface area contributed by atoms with E-state index in [-0.39, 0.29) is 22.9 Å². The third-order valence-corrected chi connectivity index (χ3v) is 4.84. The van der Waals surface area contributed by atoms with Crippen LogP contribution in [0, 0.1) is 0 Å². The molecule has 0 bridgehead atoms. The number of ether oxygens (including phenoxy) is 2. The summed E-state index contributed by atoms with van der Waals surface area (Å²) in [6.07, 6.45) is 3.18. The smallest absolute Gasteiger partial charge is 0.293 e. The number of carbonyl (C=O) groups is 1. The predicted octanol–water partition coefficient (Wildman–Crippen LogP) is 1.96. The topological polar surface area (TPSA) is 111 Å². The molecule has 0 saturated carbocycles. The summed E-state index contributed by atoms with van der Waals surface area (Å²) < 4.78 is 12.0. The lowest BCUT2D eigenvalue weighted by atomic mass is 10.2. The van der Waals surface area contributed by atoms with Gasteiger partial charge in [0.1, 0.15) is 17.3 Å². The second-order valence-electron chi connectivity index (χ2n) is 5.33. The first-order chi connectivity index (χ1) is 13.0. The molecule has 0 saturated heterocycles. The highest BCUT2D eigenvalue weighted by Crippen LogP contribution is 2.35. The van der Waals surface area contributed by atoms with Crippen molar-refractivity contribution in [3.8, 4) is 11.5 Å². The van der Waals surface area contributed by atoms with Crippen molar-refractivity contribution in [2.75, 3.05) is 25.3 Å². The van der Waals surface area contributed by atoms with E-state index in [9.17, 15) is 9.59 Å². The number of fused-ring (bicyclic) bond motifs is 1. The third-order valence-electron chi connectivity index (χ3n) is 3.62. The van der Waals surface area contributed by atoms with Crippen molar-refractivity contribution in [1.82, 2.24) is 19.6 Å². The van der Waals surface area contributed by atoms with Crippen LogP contribution in [0.15, 0.2) is 29.3 Å². The minimum absolute atomic E-state index is 0.173. The highest BCUT2D eigenvalue weighted by Gasteiger charge is 2.14. The van der Waals surface area contributed by atoms with Gasteiger partial charge in [-0.1, -0.05) is 11.6 Å². The number of methoxy groups -OCH3 is 2. The van der Waals surface area contributed by atoms with Gasteiger partial charge in [-0.05, 0) is 0 Å². The van der Waals surface area contributed by atoms with Crippen LogP contribution >= 0.6 is 23.4 Å². The Morgan fingerprint density at radius 3 is 2.81 bits per heavy atom. The van der Waals surface area contributed by atoms with Crippen molar-refractivity contribution >= 4 is 40.6 Å². The van der Waals surface area contributed by atoms with Crippen molar-refractivity contribution < 1.29 is 14.3 Å². The molecule has 1 aromatic carbocycles. The molecule has 0 unspecified atom stereocenters. The number of benzene rings is 1. The van der Waals surface area contributed by atoms with Crippen LogP contribution in [0.1, 0.15) is 5.82 Å². The molecule has 2 heterocycles. The van der Waals surface area contributed by atoms with Gasteiger partial charge in [0.25, 0.3) is 5.56 Å². The number of nitrogens with zero attached hydrogens (tertiary/aromatic N) is 3. The first kappa shape index (κ1) is 19.1. The summed E-state index contributed by atoms with van der Waals surface area (Å²) in [5.41, 5.74) is 0.363. The average molecular weight is 410 g/mol. The molecule has 3 rings (SSSR count). The van der Waals surface area contributed by atoms with E-state index in [2.05, 4.69) is 20.5 Å². The summed E-state index contributed by atoms with van der Waals surface area (Å²) >= 11 is 7.39. The second kappa shape index (κ2) is 8.31. The molecular weight excluding hydrogens is 394 g/mol. The van der Waals surface area contributed by atoms with Crippen LogP contribution < -0.4 is 20.3 Å². The number of hydrogen-bond donors (Lipinski definition) is 2. The second-order valence-corrected chi connectivity index (χ2v) is 6.72. The minimum atomic E-state index is -0.317. The molecule has 0 aliphatic carbocycles. The zero-order valence-electron chi connectivity index (χ0n) is 14.5. The number of thioether (sulfide) groups is 1. The van der Waals surface area contributed by atoms with Crippen molar-refractivity contribution in [2.24, 2.45) is 0 Å². The fraction of sp³-hybridized carbons (Fsp3) is 0.250. The van der Waals surface area contributed by atoms with Gasteiger partial charge in [0.05, 0.1) is 36.4 Å². The molecular formula is C16H16ClN5O4S. The lowest BCUT2D eigenvalue weighted by molar-refractivity contribution is -0.113. The molecule has 2 aromatic heterocycles. The van der Waals surface area contributed by atoms with E-state index < -0.39 is 0 Å². The maximum absolute atomic E-state index is 12.3. The molecule has 0 aliphatic heterocycles. The molecule has 11 heteroatoms. The van der Waals surface area contributed by atoms with Crippen LogP contribution in [0.25, 0.3) is 5.65 Å².